The molecule has 2 heterocycles. The lowest BCUT2D eigenvalue weighted by molar-refractivity contribution is -0.127. The van der Waals surface area contributed by atoms with Gasteiger partial charge >= 0.3 is 0 Å². The molecule has 0 radical (unpaired) electrons. The van der Waals surface area contributed by atoms with Crippen molar-refractivity contribution in [1.29, 1.82) is 0 Å². The molecule has 1 amide bonds. The van der Waals surface area contributed by atoms with Gasteiger partial charge in [0.1, 0.15) is 0 Å². The SMILES string of the molecule is COc1ccc(/C=C/C(=O)N2CCN(Cc3nc(-c4ccccc4C)no3)CC2)cc1F. The molecule has 2 aromatic carbocycles. The predicted octanol–water partition coefficient (Wildman–Crippen LogP) is 3.55. The van der Waals surface area contributed by atoms with Gasteiger partial charge in [-0.05, 0) is 36.3 Å². The van der Waals surface area contributed by atoms with Crippen LogP contribution in [-0.4, -0.2) is 59.1 Å². The number of halogens is 1. The van der Waals surface area contributed by atoms with Crippen LogP contribution in [0.2, 0.25) is 0 Å². The maximum absolute atomic E-state index is 13.8. The number of hydrogen-bond acceptors (Lipinski definition) is 6. The maximum Gasteiger partial charge on any atom is 0.246 e. The van der Waals surface area contributed by atoms with Crippen molar-refractivity contribution in [1.82, 2.24) is 19.9 Å². The van der Waals surface area contributed by atoms with Crippen molar-refractivity contribution in [3.63, 3.8) is 0 Å². The van der Waals surface area contributed by atoms with Crippen molar-refractivity contribution >= 4 is 12.0 Å². The van der Waals surface area contributed by atoms with Gasteiger partial charge in [-0.15, -0.1) is 0 Å². The molecule has 0 bridgehead atoms. The van der Waals surface area contributed by atoms with E-state index in [4.69, 9.17) is 9.26 Å². The van der Waals surface area contributed by atoms with Crippen molar-refractivity contribution in [2.24, 2.45) is 0 Å². The summed E-state index contributed by atoms with van der Waals surface area (Å²) >= 11 is 0. The molecular weight excluding hydrogens is 411 g/mol. The van der Waals surface area contributed by atoms with Crippen LogP contribution in [0.25, 0.3) is 17.5 Å². The van der Waals surface area contributed by atoms with Crippen LogP contribution in [0.1, 0.15) is 17.0 Å². The lowest BCUT2D eigenvalue weighted by Crippen LogP contribution is -2.47. The van der Waals surface area contributed by atoms with Gasteiger partial charge in [0, 0.05) is 37.8 Å². The van der Waals surface area contributed by atoms with Crippen molar-refractivity contribution in [2.75, 3.05) is 33.3 Å². The third-order valence-electron chi connectivity index (χ3n) is 5.49. The molecule has 4 rings (SSSR count). The highest BCUT2D eigenvalue weighted by molar-refractivity contribution is 5.91. The number of benzene rings is 2. The Hall–Kier alpha value is -3.52. The summed E-state index contributed by atoms with van der Waals surface area (Å²) in [6.07, 6.45) is 3.09. The van der Waals surface area contributed by atoms with Gasteiger partial charge in [0.25, 0.3) is 0 Å². The van der Waals surface area contributed by atoms with Gasteiger partial charge in [-0.1, -0.05) is 35.5 Å². The van der Waals surface area contributed by atoms with Gasteiger partial charge in [-0.3, -0.25) is 9.69 Å². The fourth-order valence-electron chi connectivity index (χ4n) is 3.63. The van der Waals surface area contributed by atoms with Crippen LogP contribution in [0.4, 0.5) is 4.39 Å². The highest BCUT2D eigenvalue weighted by Crippen LogP contribution is 2.21. The second-order valence-electron chi connectivity index (χ2n) is 7.66. The van der Waals surface area contributed by atoms with Gasteiger partial charge in [0.15, 0.2) is 11.6 Å². The van der Waals surface area contributed by atoms with Crippen LogP contribution in [0.5, 0.6) is 5.75 Å². The minimum absolute atomic E-state index is 0.0968. The van der Waals surface area contributed by atoms with E-state index in [0.29, 0.717) is 50.0 Å². The third kappa shape index (κ3) is 5.03. The van der Waals surface area contributed by atoms with E-state index >= 15 is 0 Å². The van der Waals surface area contributed by atoms with Crippen LogP contribution in [0, 0.1) is 12.7 Å². The molecule has 0 unspecified atom stereocenters. The number of carbonyl (C=O) groups excluding carboxylic acids is 1. The number of piperazine rings is 1. The average molecular weight is 436 g/mol. The van der Waals surface area contributed by atoms with Crippen molar-refractivity contribution in [3.05, 3.63) is 71.4 Å². The summed E-state index contributed by atoms with van der Waals surface area (Å²) in [5, 5.41) is 4.11. The van der Waals surface area contributed by atoms with Crippen LogP contribution < -0.4 is 4.74 Å². The molecule has 0 spiro atoms. The van der Waals surface area contributed by atoms with Gasteiger partial charge in [-0.25, -0.2) is 4.39 Å². The predicted molar refractivity (Wildman–Crippen MR) is 118 cm³/mol. The van der Waals surface area contributed by atoms with Crippen LogP contribution >= 0.6 is 0 Å². The molecule has 1 aliphatic rings. The number of hydrogen-bond donors (Lipinski definition) is 0. The Morgan fingerprint density at radius 1 is 1.19 bits per heavy atom. The molecule has 1 saturated heterocycles. The highest BCUT2D eigenvalue weighted by atomic mass is 19.1. The van der Waals surface area contributed by atoms with Gasteiger partial charge in [-0.2, -0.15) is 4.98 Å². The summed E-state index contributed by atoms with van der Waals surface area (Å²) in [4.78, 5) is 21.0. The third-order valence-corrected chi connectivity index (χ3v) is 5.49. The average Bonchev–Trinajstić information content (AvgIpc) is 3.26. The number of nitrogens with zero attached hydrogens (tertiary/aromatic N) is 4. The molecule has 1 aromatic heterocycles. The molecule has 1 fully saturated rings. The lowest BCUT2D eigenvalue weighted by atomic mass is 10.1. The molecule has 0 aliphatic carbocycles. The summed E-state index contributed by atoms with van der Waals surface area (Å²) in [6, 6.07) is 12.5. The number of aryl methyl sites for hydroxylation is 1. The van der Waals surface area contributed by atoms with Crippen LogP contribution in [-0.2, 0) is 11.3 Å². The molecule has 0 saturated carbocycles. The lowest BCUT2D eigenvalue weighted by Gasteiger charge is -2.33. The Labute approximate surface area is 186 Å². The minimum Gasteiger partial charge on any atom is -0.494 e. The standard InChI is InChI=1S/C24H25FN4O3/c1-17-5-3-4-6-19(17)24-26-22(32-27-24)16-28-11-13-29(14-12-28)23(30)10-8-18-7-9-21(31-2)20(25)15-18/h3-10,15H,11-14,16H2,1-2H3/b10-8+. The molecule has 0 atom stereocenters. The maximum atomic E-state index is 13.8. The Bertz CT molecular complexity index is 1120. The number of carbonyl (C=O) groups is 1. The second-order valence-corrected chi connectivity index (χ2v) is 7.66. The van der Waals surface area contributed by atoms with Gasteiger partial charge < -0.3 is 14.2 Å². The molecule has 7 nitrogen and oxygen atoms in total. The Balaban J connectivity index is 1.29. The summed E-state index contributed by atoms with van der Waals surface area (Å²) in [5.41, 5.74) is 2.66. The Morgan fingerprint density at radius 2 is 1.97 bits per heavy atom. The largest absolute Gasteiger partial charge is 0.494 e. The van der Waals surface area contributed by atoms with E-state index < -0.39 is 5.82 Å². The van der Waals surface area contributed by atoms with E-state index in [0.717, 1.165) is 11.1 Å². The Morgan fingerprint density at radius 3 is 2.69 bits per heavy atom. The number of methoxy groups -OCH3 is 1. The number of amides is 1. The fourth-order valence-corrected chi connectivity index (χ4v) is 3.63. The Kier molecular flexibility index (Phi) is 6.61. The first-order valence-electron chi connectivity index (χ1n) is 10.4. The number of rotatable bonds is 6. The van der Waals surface area contributed by atoms with Gasteiger partial charge in [0.05, 0.1) is 13.7 Å². The summed E-state index contributed by atoms with van der Waals surface area (Å²) in [7, 11) is 1.42. The monoisotopic (exact) mass is 436 g/mol. The second kappa shape index (κ2) is 9.74. The van der Waals surface area contributed by atoms with Crippen molar-refractivity contribution in [3.8, 4) is 17.1 Å². The molecule has 3 aromatic rings. The molecule has 166 valence electrons. The number of ether oxygens (including phenoxy) is 1. The molecule has 32 heavy (non-hydrogen) atoms. The smallest absolute Gasteiger partial charge is 0.246 e. The summed E-state index contributed by atoms with van der Waals surface area (Å²) in [5.74, 6) is 0.774. The van der Waals surface area contributed by atoms with E-state index in [1.165, 1.54) is 19.3 Å². The van der Waals surface area contributed by atoms with Crippen LogP contribution in [0.3, 0.4) is 0 Å². The van der Waals surface area contributed by atoms with Crippen LogP contribution in [0.15, 0.2) is 53.1 Å². The summed E-state index contributed by atoms with van der Waals surface area (Å²) < 4.78 is 24.1. The topological polar surface area (TPSA) is 71.7 Å². The number of aromatic nitrogens is 2. The highest BCUT2D eigenvalue weighted by Gasteiger charge is 2.21. The molecular formula is C24H25FN4O3. The normalized spacial score (nSPS) is 14.8. The first kappa shape index (κ1) is 21.7. The van der Waals surface area contributed by atoms with E-state index in [2.05, 4.69) is 15.0 Å². The first-order valence-corrected chi connectivity index (χ1v) is 10.4. The zero-order chi connectivity index (χ0) is 22.5. The van der Waals surface area contributed by atoms with Crippen molar-refractivity contribution in [2.45, 2.75) is 13.5 Å². The molecule has 1 aliphatic heterocycles. The summed E-state index contributed by atoms with van der Waals surface area (Å²) in [6.45, 7) is 5.17. The molecule has 8 heteroatoms. The van der Waals surface area contributed by atoms with E-state index in [9.17, 15) is 9.18 Å². The van der Waals surface area contributed by atoms with E-state index in [1.807, 2.05) is 31.2 Å². The fraction of sp³-hybridized carbons (Fsp3) is 0.292. The zero-order valence-electron chi connectivity index (χ0n) is 18.1. The van der Waals surface area contributed by atoms with Crippen molar-refractivity contribution < 1.29 is 18.4 Å². The van der Waals surface area contributed by atoms with Gasteiger partial charge in [0.2, 0.25) is 17.6 Å². The minimum atomic E-state index is -0.456. The first-order chi connectivity index (χ1) is 15.5. The van der Waals surface area contributed by atoms with E-state index in [1.54, 1.807) is 23.1 Å². The molecule has 0 N–H and O–H groups in total. The quantitative estimate of drug-likeness (QED) is 0.551. The zero-order valence-corrected chi connectivity index (χ0v) is 18.1. The van der Waals surface area contributed by atoms with E-state index in [-0.39, 0.29) is 11.7 Å².